The van der Waals surface area contributed by atoms with E-state index in [1.54, 1.807) is 0 Å². The number of carbonyl (C=O) groups excluding carboxylic acids is 1. The highest BCUT2D eigenvalue weighted by Crippen LogP contribution is 2.28. The summed E-state index contributed by atoms with van der Waals surface area (Å²) in [6, 6.07) is 10.1. The third kappa shape index (κ3) is 4.28. The van der Waals surface area contributed by atoms with Crippen molar-refractivity contribution in [3.8, 4) is 0 Å². The Morgan fingerprint density at radius 2 is 1.77 bits per heavy atom. The zero-order chi connectivity index (χ0) is 16.3. The Labute approximate surface area is 141 Å². The van der Waals surface area contributed by atoms with E-state index in [1.807, 2.05) is 32.0 Å². The van der Waals surface area contributed by atoms with Gasteiger partial charge in [0.05, 0.1) is 16.5 Å². The smallest absolute Gasteiger partial charge is 0.234 e. The highest BCUT2D eigenvalue weighted by molar-refractivity contribution is 8.00. The van der Waals surface area contributed by atoms with Crippen LogP contribution in [0.25, 0.3) is 0 Å². The Balaban J connectivity index is 2.00. The molecule has 1 amide bonds. The number of hydrogen-bond donors (Lipinski definition) is 1. The lowest BCUT2D eigenvalue weighted by molar-refractivity contribution is -0.113. The van der Waals surface area contributed by atoms with Gasteiger partial charge >= 0.3 is 0 Å². The first-order chi connectivity index (χ1) is 10.4. The molecule has 0 saturated heterocycles. The molecule has 2 aromatic rings. The van der Waals surface area contributed by atoms with Crippen molar-refractivity contribution in [2.24, 2.45) is 0 Å². The van der Waals surface area contributed by atoms with Crippen LogP contribution >= 0.6 is 23.4 Å². The summed E-state index contributed by atoms with van der Waals surface area (Å²) in [5.74, 6) is 0.323. The lowest BCUT2D eigenvalue weighted by atomic mass is 10.1. The van der Waals surface area contributed by atoms with E-state index >= 15 is 0 Å². The molecule has 0 aliphatic carbocycles. The van der Waals surface area contributed by atoms with Gasteiger partial charge in [-0.3, -0.25) is 4.79 Å². The van der Waals surface area contributed by atoms with Crippen LogP contribution in [0.1, 0.15) is 22.3 Å². The first-order valence-corrected chi connectivity index (χ1v) is 8.50. The molecule has 2 rings (SSSR count). The van der Waals surface area contributed by atoms with E-state index in [1.165, 1.54) is 22.9 Å². The second-order valence-electron chi connectivity index (χ2n) is 5.52. The lowest BCUT2D eigenvalue weighted by Crippen LogP contribution is -2.15. The van der Waals surface area contributed by atoms with Gasteiger partial charge in [0.25, 0.3) is 0 Å². The van der Waals surface area contributed by atoms with E-state index in [0.717, 1.165) is 16.0 Å². The fraction of sp³-hybridized carbons (Fsp3) is 0.278. The number of nitrogens with one attached hydrogen (secondary N) is 1. The summed E-state index contributed by atoms with van der Waals surface area (Å²) in [5.41, 5.74) is 5.27. The molecule has 1 N–H and O–H groups in total. The molecule has 0 saturated carbocycles. The Bertz CT molecular complexity index is 689. The van der Waals surface area contributed by atoms with E-state index in [4.69, 9.17) is 11.6 Å². The van der Waals surface area contributed by atoms with Gasteiger partial charge in [-0.1, -0.05) is 23.7 Å². The minimum Gasteiger partial charge on any atom is -0.324 e. The average Bonchev–Trinajstić information content (AvgIpc) is 2.44. The number of benzene rings is 2. The summed E-state index contributed by atoms with van der Waals surface area (Å²) in [5, 5.41) is 3.50. The molecule has 2 nitrogen and oxygen atoms in total. The molecule has 4 heteroatoms. The normalized spacial score (nSPS) is 10.6. The molecule has 0 radical (unpaired) electrons. The largest absolute Gasteiger partial charge is 0.324 e. The van der Waals surface area contributed by atoms with Crippen molar-refractivity contribution < 1.29 is 4.79 Å². The van der Waals surface area contributed by atoms with Gasteiger partial charge in [0, 0.05) is 4.90 Å². The van der Waals surface area contributed by atoms with Gasteiger partial charge in [-0.15, -0.1) is 11.8 Å². The van der Waals surface area contributed by atoms with Gasteiger partial charge < -0.3 is 5.32 Å². The molecular weight excluding hydrogens is 314 g/mol. The quantitative estimate of drug-likeness (QED) is 0.769. The van der Waals surface area contributed by atoms with E-state index in [-0.39, 0.29) is 5.91 Å². The molecule has 2 aromatic carbocycles. The summed E-state index contributed by atoms with van der Waals surface area (Å²) in [7, 11) is 0. The minimum atomic E-state index is -0.0444. The third-order valence-corrected chi connectivity index (χ3v) is 4.84. The molecule has 0 aromatic heterocycles. The van der Waals surface area contributed by atoms with Gasteiger partial charge in [0.15, 0.2) is 0 Å². The second-order valence-corrected chi connectivity index (χ2v) is 6.98. The summed E-state index contributed by atoms with van der Waals surface area (Å²) in [4.78, 5) is 13.2. The first-order valence-electron chi connectivity index (χ1n) is 7.13. The van der Waals surface area contributed by atoms with E-state index < -0.39 is 0 Å². The van der Waals surface area contributed by atoms with Crippen molar-refractivity contribution >= 4 is 35.0 Å². The molecular formula is C18H20ClNOS. The van der Waals surface area contributed by atoms with Crippen LogP contribution in [0, 0.1) is 27.7 Å². The fourth-order valence-electron chi connectivity index (χ4n) is 2.20. The predicted octanol–water partition coefficient (Wildman–Crippen LogP) is 5.30. The van der Waals surface area contributed by atoms with Crippen molar-refractivity contribution in [1.82, 2.24) is 0 Å². The Morgan fingerprint density at radius 3 is 2.41 bits per heavy atom. The summed E-state index contributed by atoms with van der Waals surface area (Å²) in [6.45, 7) is 8.10. The Hall–Kier alpha value is -1.45. The van der Waals surface area contributed by atoms with Gasteiger partial charge in [0.1, 0.15) is 0 Å². The minimum absolute atomic E-state index is 0.0444. The van der Waals surface area contributed by atoms with Gasteiger partial charge in [-0.05, 0) is 68.1 Å². The van der Waals surface area contributed by atoms with Crippen LogP contribution in [0.4, 0.5) is 5.69 Å². The molecule has 0 aliphatic rings. The van der Waals surface area contributed by atoms with Crippen molar-refractivity contribution in [2.75, 3.05) is 11.1 Å². The number of amides is 1. The summed E-state index contributed by atoms with van der Waals surface area (Å²) in [6.07, 6.45) is 0. The maximum absolute atomic E-state index is 12.1. The van der Waals surface area contributed by atoms with Crippen LogP contribution in [-0.4, -0.2) is 11.7 Å². The molecule has 0 aliphatic heterocycles. The van der Waals surface area contributed by atoms with Crippen molar-refractivity contribution in [1.29, 1.82) is 0 Å². The number of halogens is 1. The summed E-state index contributed by atoms with van der Waals surface area (Å²) >= 11 is 7.74. The van der Waals surface area contributed by atoms with Gasteiger partial charge in [-0.25, -0.2) is 0 Å². The molecule has 0 spiro atoms. The van der Waals surface area contributed by atoms with Crippen molar-refractivity contribution in [3.63, 3.8) is 0 Å². The van der Waals surface area contributed by atoms with Crippen LogP contribution in [0.3, 0.4) is 0 Å². The maximum atomic E-state index is 12.1. The number of hydrogen-bond acceptors (Lipinski definition) is 2. The number of carbonyl (C=O) groups is 1. The number of anilines is 1. The Kier molecular flexibility index (Phi) is 5.54. The molecule has 0 unspecified atom stereocenters. The second kappa shape index (κ2) is 7.21. The standard InChI is InChI=1S/C18H20ClNOS/c1-11-7-14(4)18(16(19)8-11)20-17(21)10-22-15-6-5-12(2)13(3)9-15/h5-9H,10H2,1-4H3,(H,20,21). The van der Waals surface area contributed by atoms with Gasteiger partial charge in [0.2, 0.25) is 5.91 Å². The van der Waals surface area contributed by atoms with Crippen LogP contribution in [0.15, 0.2) is 35.2 Å². The number of rotatable bonds is 4. The SMILES string of the molecule is Cc1cc(C)c(NC(=O)CSc2ccc(C)c(C)c2)c(Cl)c1. The van der Waals surface area contributed by atoms with Crippen LogP contribution in [0.2, 0.25) is 5.02 Å². The molecule has 22 heavy (non-hydrogen) atoms. The van der Waals surface area contributed by atoms with Crippen molar-refractivity contribution in [3.05, 3.63) is 57.6 Å². The molecule has 0 atom stereocenters. The first kappa shape index (κ1) is 16.9. The number of thioether (sulfide) groups is 1. The lowest BCUT2D eigenvalue weighted by Gasteiger charge is -2.11. The van der Waals surface area contributed by atoms with E-state index in [2.05, 4.69) is 31.3 Å². The van der Waals surface area contributed by atoms with Crippen LogP contribution < -0.4 is 5.32 Å². The van der Waals surface area contributed by atoms with E-state index in [9.17, 15) is 4.79 Å². The molecule has 116 valence electrons. The maximum Gasteiger partial charge on any atom is 0.234 e. The Morgan fingerprint density at radius 1 is 1.05 bits per heavy atom. The zero-order valence-corrected chi connectivity index (χ0v) is 14.9. The average molecular weight is 334 g/mol. The predicted molar refractivity (Wildman–Crippen MR) is 96.2 cm³/mol. The molecule has 0 fully saturated rings. The summed E-state index contributed by atoms with van der Waals surface area (Å²) < 4.78 is 0. The van der Waals surface area contributed by atoms with Crippen LogP contribution in [-0.2, 0) is 4.79 Å². The van der Waals surface area contributed by atoms with Gasteiger partial charge in [-0.2, -0.15) is 0 Å². The molecule has 0 heterocycles. The highest BCUT2D eigenvalue weighted by Gasteiger charge is 2.10. The topological polar surface area (TPSA) is 29.1 Å². The third-order valence-electron chi connectivity index (χ3n) is 3.54. The van der Waals surface area contributed by atoms with E-state index in [0.29, 0.717) is 16.5 Å². The zero-order valence-electron chi connectivity index (χ0n) is 13.3. The van der Waals surface area contributed by atoms with Crippen LogP contribution in [0.5, 0.6) is 0 Å². The monoisotopic (exact) mass is 333 g/mol. The molecule has 0 bridgehead atoms. The fourth-order valence-corrected chi connectivity index (χ4v) is 3.36. The highest BCUT2D eigenvalue weighted by atomic mass is 35.5. The van der Waals surface area contributed by atoms with Crippen molar-refractivity contribution in [2.45, 2.75) is 32.6 Å². The number of aryl methyl sites for hydroxylation is 4.